The van der Waals surface area contributed by atoms with Gasteiger partial charge < -0.3 is 42.3 Å². The molecular weight excluding hydrogens is 576 g/mol. The number of hydrogen-bond donors (Lipinski definition) is 0. The minimum absolute atomic E-state index is 0.0206. The van der Waals surface area contributed by atoms with Gasteiger partial charge in [0.2, 0.25) is 12.4 Å². The Morgan fingerprint density at radius 2 is 1.40 bits per heavy atom. The molecule has 0 radical (unpaired) electrons. The van der Waals surface area contributed by atoms with Crippen molar-refractivity contribution >= 4 is 40.8 Å². The number of fused-ring (bicyclic) bond motifs is 1. The van der Waals surface area contributed by atoms with Crippen molar-refractivity contribution in [2.45, 2.75) is 85.3 Å². The third kappa shape index (κ3) is 8.67. The SMILES string of the molecule is CC(=O)OC[C@H]1O[C@H](Oc2ccc3c(OC(C)C)c(OC(C)=O)c(=O)oc3c2)[C@@H](OC(C)=O)[C@@H](OC(C)=O)[C@@H]1OC(C)=O. The number of benzene rings is 1. The average molecular weight is 609 g/mol. The van der Waals surface area contributed by atoms with Gasteiger partial charge in [-0.2, -0.15) is 0 Å². The van der Waals surface area contributed by atoms with E-state index in [1.807, 2.05) is 0 Å². The highest BCUT2D eigenvalue weighted by Gasteiger charge is 2.53. The first-order chi connectivity index (χ1) is 20.2. The number of carbonyl (C=O) groups is 5. The Morgan fingerprint density at radius 3 is 1.95 bits per heavy atom. The van der Waals surface area contributed by atoms with Crippen molar-refractivity contribution in [3.05, 3.63) is 28.6 Å². The molecule has 1 fully saturated rings. The highest BCUT2D eigenvalue weighted by atomic mass is 16.7. The summed E-state index contributed by atoms with van der Waals surface area (Å²) in [6.45, 7) is 8.52. The van der Waals surface area contributed by atoms with Gasteiger partial charge in [-0.3, -0.25) is 24.0 Å². The number of carbonyl (C=O) groups excluding carboxylic acids is 5. The van der Waals surface area contributed by atoms with E-state index in [1.165, 1.54) is 18.2 Å². The molecule has 1 aliphatic heterocycles. The van der Waals surface area contributed by atoms with E-state index in [-0.39, 0.29) is 22.5 Å². The lowest BCUT2D eigenvalue weighted by molar-refractivity contribution is -0.288. The molecule has 0 bridgehead atoms. The molecule has 15 heteroatoms. The van der Waals surface area contributed by atoms with E-state index in [0.717, 1.165) is 34.6 Å². The number of rotatable bonds is 10. The smallest absolute Gasteiger partial charge is 0.383 e. The van der Waals surface area contributed by atoms with Crippen LogP contribution in [0.3, 0.4) is 0 Å². The Morgan fingerprint density at radius 1 is 0.791 bits per heavy atom. The Hall–Kier alpha value is -4.66. The normalized spacial score (nSPS) is 21.4. The maximum absolute atomic E-state index is 12.7. The Balaban J connectivity index is 2.09. The zero-order valence-electron chi connectivity index (χ0n) is 24.5. The molecule has 0 spiro atoms. The molecule has 0 unspecified atom stereocenters. The van der Waals surface area contributed by atoms with Crippen LogP contribution in [0.15, 0.2) is 27.4 Å². The maximum atomic E-state index is 12.7. The number of hydrogen-bond acceptors (Lipinski definition) is 15. The summed E-state index contributed by atoms with van der Waals surface area (Å²) in [7, 11) is 0. The topological polar surface area (TPSA) is 189 Å². The Labute approximate surface area is 245 Å². The van der Waals surface area contributed by atoms with Crippen molar-refractivity contribution in [3.8, 4) is 17.2 Å². The third-order valence-corrected chi connectivity index (χ3v) is 5.59. The van der Waals surface area contributed by atoms with Crippen LogP contribution in [0.2, 0.25) is 0 Å². The van der Waals surface area contributed by atoms with E-state index in [0.29, 0.717) is 0 Å². The zero-order chi connectivity index (χ0) is 32.0. The molecule has 2 heterocycles. The van der Waals surface area contributed by atoms with Gasteiger partial charge in [0.05, 0.1) is 11.5 Å². The first-order valence-electron chi connectivity index (χ1n) is 13.1. The fourth-order valence-electron chi connectivity index (χ4n) is 4.21. The second kappa shape index (κ2) is 14.0. The predicted molar refractivity (Wildman–Crippen MR) is 142 cm³/mol. The van der Waals surface area contributed by atoms with Crippen LogP contribution in [-0.2, 0) is 47.7 Å². The van der Waals surface area contributed by atoms with Crippen LogP contribution < -0.4 is 19.8 Å². The first-order valence-corrected chi connectivity index (χ1v) is 13.1. The van der Waals surface area contributed by atoms with Crippen molar-refractivity contribution in [1.29, 1.82) is 0 Å². The third-order valence-electron chi connectivity index (χ3n) is 5.59. The molecule has 234 valence electrons. The quantitative estimate of drug-likeness (QED) is 0.216. The summed E-state index contributed by atoms with van der Waals surface area (Å²) in [6.07, 6.45) is -7.45. The molecule has 1 aromatic heterocycles. The Kier molecular flexibility index (Phi) is 10.7. The fourth-order valence-corrected chi connectivity index (χ4v) is 4.21. The Bertz CT molecular complexity index is 1440. The van der Waals surface area contributed by atoms with Crippen LogP contribution >= 0.6 is 0 Å². The highest BCUT2D eigenvalue weighted by Crippen LogP contribution is 2.37. The summed E-state index contributed by atoms with van der Waals surface area (Å²) in [4.78, 5) is 71.9. The standard InChI is InChI=1S/C28H32O15/c1-12(2)36-22-19-9-8-18(10-20(19)42-27(34)25(22)39-16(6)32)41-28-26(40-17(7)33)24(38-15(5)31)23(37-14(4)30)21(43-28)11-35-13(3)29/h8-10,12,21,23-24,26,28H,11H2,1-7H3/t21-,23-,24+,26+,28+/m1/s1. The van der Waals surface area contributed by atoms with Crippen molar-refractivity contribution < 1.29 is 66.3 Å². The van der Waals surface area contributed by atoms with Crippen LogP contribution in [0, 0.1) is 0 Å². The summed E-state index contributed by atoms with van der Waals surface area (Å²) in [5.74, 6) is -4.27. The minimum Gasteiger partial charge on any atom is -0.486 e. The zero-order valence-corrected chi connectivity index (χ0v) is 24.5. The summed E-state index contributed by atoms with van der Waals surface area (Å²) < 4.78 is 49.2. The molecule has 0 aliphatic carbocycles. The number of ether oxygens (including phenoxy) is 8. The van der Waals surface area contributed by atoms with Gasteiger partial charge in [-0.15, -0.1) is 0 Å². The van der Waals surface area contributed by atoms with Crippen LogP contribution in [0.5, 0.6) is 17.2 Å². The predicted octanol–water partition coefficient (Wildman–Crippen LogP) is 1.97. The lowest BCUT2D eigenvalue weighted by atomic mass is 9.98. The highest BCUT2D eigenvalue weighted by molar-refractivity contribution is 5.87. The summed E-state index contributed by atoms with van der Waals surface area (Å²) in [6, 6.07) is 4.20. The van der Waals surface area contributed by atoms with E-state index >= 15 is 0 Å². The van der Waals surface area contributed by atoms with Gasteiger partial charge in [0, 0.05) is 40.7 Å². The van der Waals surface area contributed by atoms with E-state index < -0.39 is 84.6 Å². The summed E-state index contributed by atoms with van der Waals surface area (Å²) >= 11 is 0. The van der Waals surface area contributed by atoms with Gasteiger partial charge in [-0.1, -0.05) is 0 Å². The van der Waals surface area contributed by atoms with Crippen molar-refractivity contribution in [2.75, 3.05) is 6.61 Å². The molecule has 1 aliphatic rings. The summed E-state index contributed by atoms with van der Waals surface area (Å²) in [5, 5.41) is 0.262. The van der Waals surface area contributed by atoms with Gasteiger partial charge in [0.1, 0.15) is 24.0 Å². The molecule has 5 atom stereocenters. The maximum Gasteiger partial charge on any atom is 0.383 e. The molecular formula is C28H32O15. The van der Waals surface area contributed by atoms with E-state index in [2.05, 4.69) is 0 Å². The molecule has 0 amide bonds. The van der Waals surface area contributed by atoms with Gasteiger partial charge in [0.15, 0.2) is 18.0 Å². The molecule has 1 saturated heterocycles. The van der Waals surface area contributed by atoms with Crippen LogP contribution in [0.4, 0.5) is 0 Å². The van der Waals surface area contributed by atoms with Crippen molar-refractivity contribution in [2.24, 2.45) is 0 Å². The van der Waals surface area contributed by atoms with Gasteiger partial charge >= 0.3 is 35.5 Å². The van der Waals surface area contributed by atoms with Crippen LogP contribution in [0.1, 0.15) is 48.5 Å². The molecule has 15 nitrogen and oxygen atoms in total. The molecule has 43 heavy (non-hydrogen) atoms. The van der Waals surface area contributed by atoms with Gasteiger partial charge in [0.25, 0.3) is 5.75 Å². The fraction of sp³-hybridized carbons (Fsp3) is 0.500. The van der Waals surface area contributed by atoms with Crippen LogP contribution in [-0.4, -0.2) is 73.3 Å². The second-order valence-electron chi connectivity index (χ2n) is 9.65. The van der Waals surface area contributed by atoms with E-state index in [9.17, 15) is 28.8 Å². The lowest BCUT2D eigenvalue weighted by Crippen LogP contribution is -2.63. The van der Waals surface area contributed by atoms with E-state index in [1.54, 1.807) is 13.8 Å². The van der Waals surface area contributed by atoms with E-state index in [4.69, 9.17) is 42.3 Å². The van der Waals surface area contributed by atoms with Gasteiger partial charge in [-0.05, 0) is 26.0 Å². The van der Waals surface area contributed by atoms with Crippen molar-refractivity contribution in [1.82, 2.24) is 0 Å². The first kappa shape index (κ1) is 32.8. The molecule has 3 rings (SSSR count). The lowest BCUT2D eigenvalue weighted by Gasteiger charge is -2.43. The minimum atomic E-state index is -1.52. The van der Waals surface area contributed by atoms with Crippen molar-refractivity contribution in [3.63, 3.8) is 0 Å². The summed E-state index contributed by atoms with van der Waals surface area (Å²) in [5.41, 5.74) is -1.03. The second-order valence-corrected chi connectivity index (χ2v) is 9.65. The molecule has 1 aromatic carbocycles. The van der Waals surface area contributed by atoms with Gasteiger partial charge in [-0.25, -0.2) is 4.79 Å². The average Bonchev–Trinajstić information content (AvgIpc) is 2.87. The molecule has 0 N–H and O–H groups in total. The van der Waals surface area contributed by atoms with Crippen LogP contribution in [0.25, 0.3) is 11.0 Å². The largest absolute Gasteiger partial charge is 0.486 e. The molecule has 2 aromatic rings. The number of esters is 5. The monoisotopic (exact) mass is 608 g/mol. The molecule has 0 saturated carbocycles.